The fourth-order valence-electron chi connectivity index (χ4n) is 2.17. The van der Waals surface area contributed by atoms with Crippen LogP contribution in [-0.2, 0) is 0 Å². The van der Waals surface area contributed by atoms with Crippen molar-refractivity contribution in [3.8, 4) is 23.0 Å². The Bertz CT molecular complexity index is 640. The Kier molecular flexibility index (Phi) is 5.31. The molecular formula is C18H20O4. The molecule has 0 spiro atoms. The first-order valence-corrected chi connectivity index (χ1v) is 6.84. The van der Waals surface area contributed by atoms with Gasteiger partial charge in [0, 0.05) is 11.6 Å². The van der Waals surface area contributed by atoms with E-state index in [2.05, 4.69) is 0 Å². The van der Waals surface area contributed by atoms with Gasteiger partial charge >= 0.3 is 0 Å². The molecule has 0 radical (unpaired) electrons. The van der Waals surface area contributed by atoms with E-state index in [1.54, 1.807) is 28.4 Å². The lowest BCUT2D eigenvalue weighted by molar-refractivity contribution is 0.392. The standard InChI is InChI=1S/C18H20O4/c1-19-14-10-8-13(18(12-14)22-4)9-11-15-16(20-2)6-5-7-17(15)21-3/h5-12H,1-4H3. The Morgan fingerprint density at radius 1 is 0.682 bits per heavy atom. The summed E-state index contributed by atoms with van der Waals surface area (Å²) in [5, 5.41) is 0. The van der Waals surface area contributed by atoms with E-state index in [0.717, 1.165) is 34.1 Å². The molecule has 0 heterocycles. The van der Waals surface area contributed by atoms with E-state index in [1.165, 1.54) is 0 Å². The molecule has 0 unspecified atom stereocenters. The third-order valence-corrected chi connectivity index (χ3v) is 3.34. The van der Waals surface area contributed by atoms with Gasteiger partial charge in [-0.25, -0.2) is 0 Å². The van der Waals surface area contributed by atoms with Crippen molar-refractivity contribution < 1.29 is 18.9 Å². The topological polar surface area (TPSA) is 36.9 Å². The van der Waals surface area contributed by atoms with Crippen LogP contribution in [0.25, 0.3) is 12.2 Å². The van der Waals surface area contributed by atoms with Crippen LogP contribution in [0.3, 0.4) is 0 Å². The highest BCUT2D eigenvalue weighted by Gasteiger charge is 2.07. The fourth-order valence-corrected chi connectivity index (χ4v) is 2.17. The van der Waals surface area contributed by atoms with Crippen molar-refractivity contribution in [3.05, 3.63) is 47.5 Å². The molecule has 0 N–H and O–H groups in total. The third-order valence-electron chi connectivity index (χ3n) is 3.34. The highest BCUT2D eigenvalue weighted by atomic mass is 16.5. The van der Waals surface area contributed by atoms with Crippen LogP contribution in [0.1, 0.15) is 11.1 Å². The fraction of sp³-hybridized carbons (Fsp3) is 0.222. The van der Waals surface area contributed by atoms with E-state index < -0.39 is 0 Å². The molecule has 0 saturated carbocycles. The second kappa shape index (κ2) is 7.41. The van der Waals surface area contributed by atoms with Gasteiger partial charge in [-0.1, -0.05) is 12.1 Å². The molecule has 0 amide bonds. The number of rotatable bonds is 6. The summed E-state index contributed by atoms with van der Waals surface area (Å²) in [4.78, 5) is 0. The summed E-state index contributed by atoms with van der Waals surface area (Å²) in [6, 6.07) is 11.4. The van der Waals surface area contributed by atoms with Crippen molar-refractivity contribution in [2.24, 2.45) is 0 Å². The summed E-state index contributed by atoms with van der Waals surface area (Å²) in [6.07, 6.45) is 3.90. The van der Waals surface area contributed by atoms with E-state index in [-0.39, 0.29) is 0 Å². The second-order valence-electron chi connectivity index (χ2n) is 4.52. The summed E-state index contributed by atoms with van der Waals surface area (Å²) in [5.41, 5.74) is 1.82. The smallest absolute Gasteiger partial charge is 0.129 e. The minimum atomic E-state index is 0.740. The van der Waals surface area contributed by atoms with Crippen LogP contribution >= 0.6 is 0 Å². The Balaban J connectivity index is 2.40. The van der Waals surface area contributed by atoms with Gasteiger partial charge in [0.25, 0.3) is 0 Å². The number of benzene rings is 2. The third kappa shape index (κ3) is 3.34. The number of hydrogen-bond acceptors (Lipinski definition) is 4. The van der Waals surface area contributed by atoms with Crippen LogP contribution in [0.4, 0.5) is 0 Å². The Morgan fingerprint density at radius 2 is 1.32 bits per heavy atom. The first-order chi connectivity index (χ1) is 10.7. The Morgan fingerprint density at radius 3 is 1.86 bits per heavy atom. The molecule has 0 aliphatic rings. The van der Waals surface area contributed by atoms with E-state index in [0.29, 0.717) is 0 Å². The molecule has 0 bridgehead atoms. The van der Waals surface area contributed by atoms with Crippen molar-refractivity contribution in [1.82, 2.24) is 0 Å². The van der Waals surface area contributed by atoms with Gasteiger partial charge in [0.15, 0.2) is 0 Å². The largest absolute Gasteiger partial charge is 0.497 e. The van der Waals surface area contributed by atoms with Crippen LogP contribution in [-0.4, -0.2) is 28.4 Å². The highest BCUT2D eigenvalue weighted by molar-refractivity contribution is 5.78. The summed E-state index contributed by atoms with van der Waals surface area (Å²) in [5.74, 6) is 3.00. The molecule has 0 aliphatic heterocycles. The molecule has 0 aromatic heterocycles. The SMILES string of the molecule is COc1ccc(C=Cc2c(OC)cccc2OC)c(OC)c1. The maximum absolute atomic E-state index is 5.40. The van der Waals surface area contributed by atoms with E-state index >= 15 is 0 Å². The lowest BCUT2D eigenvalue weighted by Crippen LogP contribution is -1.92. The molecule has 4 heteroatoms. The van der Waals surface area contributed by atoms with Crippen molar-refractivity contribution >= 4 is 12.2 Å². The molecule has 0 atom stereocenters. The molecule has 0 fully saturated rings. The zero-order valence-corrected chi connectivity index (χ0v) is 13.3. The summed E-state index contributed by atoms with van der Waals surface area (Å²) >= 11 is 0. The van der Waals surface area contributed by atoms with Crippen molar-refractivity contribution in [2.75, 3.05) is 28.4 Å². The van der Waals surface area contributed by atoms with Gasteiger partial charge < -0.3 is 18.9 Å². The average molecular weight is 300 g/mol. The molecule has 4 nitrogen and oxygen atoms in total. The van der Waals surface area contributed by atoms with Crippen LogP contribution in [0.2, 0.25) is 0 Å². The van der Waals surface area contributed by atoms with E-state index in [1.807, 2.05) is 48.6 Å². The van der Waals surface area contributed by atoms with Crippen LogP contribution in [0.5, 0.6) is 23.0 Å². The predicted molar refractivity (Wildman–Crippen MR) is 88.0 cm³/mol. The van der Waals surface area contributed by atoms with Gasteiger partial charge in [0.05, 0.1) is 34.0 Å². The van der Waals surface area contributed by atoms with Gasteiger partial charge in [-0.3, -0.25) is 0 Å². The van der Waals surface area contributed by atoms with Gasteiger partial charge in [0.2, 0.25) is 0 Å². The molecule has 0 aliphatic carbocycles. The number of methoxy groups -OCH3 is 4. The first-order valence-electron chi connectivity index (χ1n) is 6.84. The zero-order chi connectivity index (χ0) is 15.9. The summed E-state index contributed by atoms with van der Waals surface area (Å²) in [7, 11) is 6.54. The van der Waals surface area contributed by atoms with Crippen molar-refractivity contribution in [2.45, 2.75) is 0 Å². The Hall–Kier alpha value is -2.62. The van der Waals surface area contributed by atoms with Gasteiger partial charge in [-0.2, -0.15) is 0 Å². The van der Waals surface area contributed by atoms with E-state index in [9.17, 15) is 0 Å². The molecule has 0 saturated heterocycles. The molecule has 22 heavy (non-hydrogen) atoms. The maximum Gasteiger partial charge on any atom is 0.129 e. The lowest BCUT2D eigenvalue weighted by atomic mass is 10.1. The summed E-state index contributed by atoms with van der Waals surface area (Å²) in [6.45, 7) is 0. The number of hydrogen-bond donors (Lipinski definition) is 0. The number of ether oxygens (including phenoxy) is 4. The minimum Gasteiger partial charge on any atom is -0.497 e. The molecule has 2 aromatic rings. The van der Waals surface area contributed by atoms with Crippen molar-refractivity contribution in [3.63, 3.8) is 0 Å². The normalized spacial score (nSPS) is 10.5. The van der Waals surface area contributed by atoms with Crippen molar-refractivity contribution in [1.29, 1.82) is 0 Å². The van der Waals surface area contributed by atoms with Crippen LogP contribution < -0.4 is 18.9 Å². The van der Waals surface area contributed by atoms with Gasteiger partial charge in [0.1, 0.15) is 23.0 Å². The van der Waals surface area contributed by atoms with E-state index in [4.69, 9.17) is 18.9 Å². The second-order valence-corrected chi connectivity index (χ2v) is 4.52. The zero-order valence-electron chi connectivity index (χ0n) is 13.3. The Labute approximate surface area is 130 Å². The predicted octanol–water partition coefficient (Wildman–Crippen LogP) is 3.89. The lowest BCUT2D eigenvalue weighted by Gasteiger charge is -2.10. The maximum atomic E-state index is 5.40. The molecule has 116 valence electrons. The highest BCUT2D eigenvalue weighted by Crippen LogP contribution is 2.32. The average Bonchev–Trinajstić information content (AvgIpc) is 2.59. The molecule has 2 aromatic carbocycles. The quantitative estimate of drug-likeness (QED) is 0.758. The molecule has 2 rings (SSSR count). The van der Waals surface area contributed by atoms with Gasteiger partial charge in [-0.15, -0.1) is 0 Å². The minimum absolute atomic E-state index is 0.740. The summed E-state index contributed by atoms with van der Waals surface area (Å²) < 4.78 is 21.4. The van der Waals surface area contributed by atoms with Crippen LogP contribution in [0, 0.1) is 0 Å². The van der Waals surface area contributed by atoms with Gasteiger partial charge in [-0.05, 0) is 30.3 Å². The molecular weight excluding hydrogens is 280 g/mol. The van der Waals surface area contributed by atoms with Crippen LogP contribution in [0.15, 0.2) is 36.4 Å². The monoisotopic (exact) mass is 300 g/mol. The first kappa shape index (κ1) is 15.8.